The molecule has 1 atom stereocenters. The van der Waals surface area contributed by atoms with Gasteiger partial charge in [-0.05, 0) is 44.5 Å². The first-order chi connectivity index (χ1) is 8.69. The van der Waals surface area contributed by atoms with E-state index in [9.17, 15) is 4.79 Å². The Kier molecular flexibility index (Phi) is 4.20. The first kappa shape index (κ1) is 12.9. The summed E-state index contributed by atoms with van der Waals surface area (Å²) in [4.78, 5) is 11.7. The van der Waals surface area contributed by atoms with Crippen LogP contribution in [0.25, 0.3) is 0 Å². The highest BCUT2D eigenvalue weighted by Gasteiger charge is 2.26. The van der Waals surface area contributed by atoms with Crippen LogP contribution in [0.5, 0.6) is 5.75 Å². The molecular formula is C14H20N2O2. The number of carbonyl (C=O) groups excluding carboxylic acids is 1. The number of ether oxygens (including phenoxy) is 1. The van der Waals surface area contributed by atoms with Crippen LogP contribution in [0.4, 0.5) is 0 Å². The van der Waals surface area contributed by atoms with Gasteiger partial charge in [0.1, 0.15) is 5.75 Å². The molecule has 0 spiro atoms. The molecule has 1 aromatic rings. The number of nitrogens with one attached hydrogen (secondary N) is 2. The van der Waals surface area contributed by atoms with Crippen molar-refractivity contribution in [3.8, 4) is 5.75 Å². The van der Waals surface area contributed by atoms with E-state index in [4.69, 9.17) is 4.74 Å². The van der Waals surface area contributed by atoms with E-state index in [1.807, 2.05) is 31.3 Å². The molecule has 1 aliphatic rings. The third-order valence-electron chi connectivity index (χ3n) is 2.91. The molecule has 1 saturated carbocycles. The fourth-order valence-corrected chi connectivity index (χ4v) is 1.69. The maximum atomic E-state index is 11.7. The maximum absolute atomic E-state index is 11.7. The van der Waals surface area contributed by atoms with Crippen LogP contribution in [0.3, 0.4) is 0 Å². The van der Waals surface area contributed by atoms with Crippen LogP contribution < -0.4 is 15.4 Å². The summed E-state index contributed by atoms with van der Waals surface area (Å²) in [7, 11) is 1.91. The molecule has 4 heteroatoms. The minimum Gasteiger partial charge on any atom is -0.481 e. The van der Waals surface area contributed by atoms with Crippen molar-refractivity contribution in [3.05, 3.63) is 29.8 Å². The summed E-state index contributed by atoms with van der Waals surface area (Å²) in [5.74, 6) is 0.699. The second kappa shape index (κ2) is 5.87. The SMILES string of the molecule is CNCc1ccc(OC(C)C(=O)NC2CC2)cc1. The van der Waals surface area contributed by atoms with Crippen molar-refractivity contribution in [3.63, 3.8) is 0 Å². The summed E-state index contributed by atoms with van der Waals surface area (Å²) in [6, 6.07) is 8.16. The van der Waals surface area contributed by atoms with E-state index >= 15 is 0 Å². The molecule has 0 aliphatic heterocycles. The highest BCUT2D eigenvalue weighted by Crippen LogP contribution is 2.19. The lowest BCUT2D eigenvalue weighted by molar-refractivity contribution is -0.127. The maximum Gasteiger partial charge on any atom is 0.260 e. The van der Waals surface area contributed by atoms with Crippen molar-refractivity contribution in [2.45, 2.75) is 38.5 Å². The molecule has 1 aliphatic carbocycles. The third kappa shape index (κ3) is 3.74. The van der Waals surface area contributed by atoms with Gasteiger partial charge in [-0.3, -0.25) is 4.79 Å². The van der Waals surface area contributed by atoms with Gasteiger partial charge in [-0.1, -0.05) is 12.1 Å². The zero-order valence-electron chi connectivity index (χ0n) is 10.9. The molecule has 0 radical (unpaired) electrons. The van der Waals surface area contributed by atoms with Gasteiger partial charge in [0, 0.05) is 12.6 Å². The Morgan fingerprint density at radius 2 is 2.06 bits per heavy atom. The van der Waals surface area contributed by atoms with Gasteiger partial charge in [-0.25, -0.2) is 0 Å². The van der Waals surface area contributed by atoms with Crippen molar-refractivity contribution in [1.82, 2.24) is 10.6 Å². The number of hydrogen-bond acceptors (Lipinski definition) is 3. The first-order valence-corrected chi connectivity index (χ1v) is 6.39. The standard InChI is InChI=1S/C14H20N2O2/c1-10(14(17)16-12-5-6-12)18-13-7-3-11(4-8-13)9-15-2/h3-4,7-8,10,12,15H,5-6,9H2,1-2H3,(H,16,17). The van der Waals surface area contributed by atoms with E-state index in [-0.39, 0.29) is 5.91 Å². The largest absolute Gasteiger partial charge is 0.481 e. The molecule has 1 aromatic carbocycles. The molecule has 0 saturated heterocycles. The van der Waals surface area contributed by atoms with Crippen molar-refractivity contribution >= 4 is 5.91 Å². The zero-order chi connectivity index (χ0) is 13.0. The van der Waals surface area contributed by atoms with Crippen LogP contribution >= 0.6 is 0 Å². The Balaban J connectivity index is 1.85. The molecule has 2 N–H and O–H groups in total. The van der Waals surface area contributed by atoms with E-state index < -0.39 is 6.10 Å². The van der Waals surface area contributed by atoms with Crippen molar-refractivity contribution in [2.75, 3.05) is 7.05 Å². The minimum atomic E-state index is -0.444. The highest BCUT2D eigenvalue weighted by molar-refractivity contribution is 5.81. The molecule has 0 aromatic heterocycles. The lowest BCUT2D eigenvalue weighted by atomic mass is 10.2. The fourth-order valence-electron chi connectivity index (χ4n) is 1.69. The smallest absolute Gasteiger partial charge is 0.260 e. The van der Waals surface area contributed by atoms with Gasteiger partial charge in [-0.15, -0.1) is 0 Å². The third-order valence-corrected chi connectivity index (χ3v) is 2.91. The lowest BCUT2D eigenvalue weighted by Crippen LogP contribution is -2.37. The van der Waals surface area contributed by atoms with Gasteiger partial charge >= 0.3 is 0 Å². The first-order valence-electron chi connectivity index (χ1n) is 6.39. The predicted octanol–water partition coefficient (Wildman–Crippen LogP) is 1.45. The normalized spacial score (nSPS) is 16.1. The Bertz CT molecular complexity index is 399. The molecule has 2 rings (SSSR count). The molecule has 18 heavy (non-hydrogen) atoms. The molecule has 0 bridgehead atoms. The Labute approximate surface area is 108 Å². The Morgan fingerprint density at radius 3 is 2.61 bits per heavy atom. The summed E-state index contributed by atoms with van der Waals surface area (Å²) in [5.41, 5.74) is 1.19. The monoisotopic (exact) mass is 248 g/mol. The molecular weight excluding hydrogens is 228 g/mol. The van der Waals surface area contributed by atoms with Gasteiger partial charge in [0.15, 0.2) is 6.10 Å². The number of amides is 1. The van der Waals surface area contributed by atoms with E-state index in [1.165, 1.54) is 5.56 Å². The number of hydrogen-bond donors (Lipinski definition) is 2. The summed E-state index contributed by atoms with van der Waals surface area (Å²) in [6.07, 6.45) is 1.75. The summed E-state index contributed by atoms with van der Waals surface area (Å²) in [5, 5.41) is 6.02. The van der Waals surface area contributed by atoms with Crippen LogP contribution in [0.1, 0.15) is 25.3 Å². The summed E-state index contributed by atoms with van der Waals surface area (Å²) < 4.78 is 5.61. The second-order valence-corrected chi connectivity index (χ2v) is 4.72. The molecule has 1 unspecified atom stereocenters. The van der Waals surface area contributed by atoms with Gasteiger partial charge < -0.3 is 15.4 Å². The molecule has 1 fully saturated rings. The summed E-state index contributed by atoms with van der Waals surface area (Å²) >= 11 is 0. The molecule has 4 nitrogen and oxygen atoms in total. The van der Waals surface area contributed by atoms with Crippen LogP contribution in [0, 0.1) is 0 Å². The lowest BCUT2D eigenvalue weighted by Gasteiger charge is -2.14. The predicted molar refractivity (Wildman–Crippen MR) is 70.5 cm³/mol. The van der Waals surface area contributed by atoms with Crippen molar-refractivity contribution in [2.24, 2.45) is 0 Å². The van der Waals surface area contributed by atoms with Crippen LogP contribution in [0.2, 0.25) is 0 Å². The van der Waals surface area contributed by atoms with Crippen LogP contribution in [-0.4, -0.2) is 25.1 Å². The molecule has 0 heterocycles. The van der Waals surface area contributed by atoms with E-state index in [0.29, 0.717) is 6.04 Å². The van der Waals surface area contributed by atoms with E-state index in [2.05, 4.69) is 10.6 Å². The van der Waals surface area contributed by atoms with Crippen molar-refractivity contribution in [1.29, 1.82) is 0 Å². The molecule has 1 amide bonds. The van der Waals surface area contributed by atoms with Crippen molar-refractivity contribution < 1.29 is 9.53 Å². The minimum absolute atomic E-state index is 0.0307. The van der Waals surface area contributed by atoms with Crippen LogP contribution in [0.15, 0.2) is 24.3 Å². The highest BCUT2D eigenvalue weighted by atomic mass is 16.5. The Hall–Kier alpha value is -1.55. The molecule has 98 valence electrons. The van der Waals surface area contributed by atoms with Gasteiger partial charge in [0.25, 0.3) is 5.91 Å². The second-order valence-electron chi connectivity index (χ2n) is 4.72. The number of benzene rings is 1. The van der Waals surface area contributed by atoms with Gasteiger partial charge in [0.2, 0.25) is 0 Å². The topological polar surface area (TPSA) is 50.4 Å². The summed E-state index contributed by atoms with van der Waals surface area (Å²) in [6.45, 7) is 2.61. The zero-order valence-corrected chi connectivity index (χ0v) is 10.9. The van der Waals surface area contributed by atoms with E-state index in [1.54, 1.807) is 6.92 Å². The van der Waals surface area contributed by atoms with Gasteiger partial charge in [-0.2, -0.15) is 0 Å². The number of carbonyl (C=O) groups is 1. The average molecular weight is 248 g/mol. The van der Waals surface area contributed by atoms with Gasteiger partial charge in [0.05, 0.1) is 0 Å². The quantitative estimate of drug-likeness (QED) is 0.801. The number of rotatable bonds is 6. The fraction of sp³-hybridized carbons (Fsp3) is 0.500. The average Bonchev–Trinajstić information content (AvgIpc) is 3.16. The van der Waals surface area contributed by atoms with E-state index in [0.717, 1.165) is 25.1 Å². The van der Waals surface area contributed by atoms with Crippen LogP contribution in [-0.2, 0) is 11.3 Å². The Morgan fingerprint density at radius 1 is 1.39 bits per heavy atom.